The molecule has 1 aromatic carbocycles. The Hall–Kier alpha value is -3.36. The number of hydrogen-bond donors (Lipinski definition) is 0. The lowest BCUT2D eigenvalue weighted by Gasteiger charge is -2.13. The standard InChI is InChI=1S/C21H19F3N2O4/c1-11-8-17(18(27)10-29-20(28)19-12(2)25-30-14(19)4)13(3)26(11)16-7-5-6-15(9-16)21(22,23)24/h5-9H,10H2,1-4H3. The number of Topliss-reactive ketones (excluding diaryl/α,β-unsaturated/α-hetero) is 1. The molecule has 3 rings (SSSR count). The third kappa shape index (κ3) is 4.00. The smallest absolute Gasteiger partial charge is 0.416 e. The zero-order valence-electron chi connectivity index (χ0n) is 16.8. The molecule has 3 aromatic rings. The minimum absolute atomic E-state index is 0.164. The highest BCUT2D eigenvalue weighted by molar-refractivity contribution is 6.01. The highest BCUT2D eigenvalue weighted by Crippen LogP contribution is 2.31. The van der Waals surface area contributed by atoms with Crippen LogP contribution in [0.1, 0.15) is 49.1 Å². The van der Waals surface area contributed by atoms with Crippen LogP contribution in [0.4, 0.5) is 13.2 Å². The van der Waals surface area contributed by atoms with E-state index in [1.165, 1.54) is 12.1 Å². The molecule has 0 aliphatic rings. The maximum absolute atomic E-state index is 13.0. The van der Waals surface area contributed by atoms with E-state index >= 15 is 0 Å². The number of carbonyl (C=O) groups is 2. The molecule has 0 saturated carbocycles. The van der Waals surface area contributed by atoms with Crippen LogP contribution in [0, 0.1) is 27.7 Å². The third-order valence-corrected chi connectivity index (χ3v) is 4.74. The Bertz CT molecular complexity index is 1110. The molecule has 0 amide bonds. The number of aromatic nitrogens is 2. The summed E-state index contributed by atoms with van der Waals surface area (Å²) in [6, 6.07) is 6.40. The molecule has 0 aliphatic heterocycles. The number of nitrogens with zero attached hydrogens (tertiary/aromatic N) is 2. The molecule has 0 aliphatic carbocycles. The van der Waals surface area contributed by atoms with Crippen molar-refractivity contribution in [2.45, 2.75) is 33.9 Å². The summed E-state index contributed by atoms with van der Waals surface area (Å²) in [5.74, 6) is -0.916. The largest absolute Gasteiger partial charge is 0.454 e. The molecule has 2 aromatic heterocycles. The highest BCUT2D eigenvalue weighted by Gasteiger charge is 2.31. The molecule has 0 atom stereocenters. The molecule has 0 fully saturated rings. The molecule has 0 radical (unpaired) electrons. The second-order valence-corrected chi connectivity index (χ2v) is 6.87. The lowest BCUT2D eigenvalue weighted by Crippen LogP contribution is -2.16. The van der Waals surface area contributed by atoms with Crippen molar-refractivity contribution < 1.29 is 32.0 Å². The number of ether oxygens (including phenoxy) is 1. The van der Waals surface area contributed by atoms with Gasteiger partial charge in [0.15, 0.2) is 6.61 Å². The molecule has 0 spiro atoms. The van der Waals surface area contributed by atoms with Crippen molar-refractivity contribution in [1.29, 1.82) is 0 Å². The number of alkyl halides is 3. The van der Waals surface area contributed by atoms with E-state index in [9.17, 15) is 22.8 Å². The minimum atomic E-state index is -4.48. The average Bonchev–Trinajstić information content (AvgIpc) is 3.17. The zero-order valence-corrected chi connectivity index (χ0v) is 16.8. The van der Waals surface area contributed by atoms with Crippen LogP contribution in [-0.4, -0.2) is 28.1 Å². The molecule has 158 valence electrons. The van der Waals surface area contributed by atoms with Crippen LogP contribution in [0.2, 0.25) is 0 Å². The van der Waals surface area contributed by atoms with E-state index in [1.807, 2.05) is 0 Å². The normalized spacial score (nSPS) is 11.6. The van der Waals surface area contributed by atoms with Crippen LogP contribution < -0.4 is 0 Å². The van der Waals surface area contributed by atoms with Gasteiger partial charge in [0.1, 0.15) is 11.3 Å². The molecule has 2 heterocycles. The average molecular weight is 420 g/mol. The first-order valence-corrected chi connectivity index (χ1v) is 9.00. The second-order valence-electron chi connectivity index (χ2n) is 6.87. The Kier molecular flexibility index (Phi) is 5.56. The van der Waals surface area contributed by atoms with Gasteiger partial charge < -0.3 is 13.8 Å². The van der Waals surface area contributed by atoms with Gasteiger partial charge in [-0.25, -0.2) is 4.79 Å². The number of aryl methyl sites for hydroxylation is 3. The van der Waals surface area contributed by atoms with Crippen LogP contribution in [-0.2, 0) is 10.9 Å². The Morgan fingerprint density at radius 3 is 2.43 bits per heavy atom. The number of ketones is 1. The van der Waals surface area contributed by atoms with Crippen molar-refractivity contribution in [2.24, 2.45) is 0 Å². The zero-order chi connectivity index (χ0) is 22.2. The van der Waals surface area contributed by atoms with E-state index < -0.39 is 30.1 Å². The van der Waals surface area contributed by atoms with Crippen LogP contribution in [0.25, 0.3) is 5.69 Å². The Balaban J connectivity index is 1.83. The van der Waals surface area contributed by atoms with Crippen molar-refractivity contribution in [3.05, 3.63) is 69.9 Å². The number of rotatable bonds is 5. The minimum Gasteiger partial charge on any atom is -0.454 e. The summed E-state index contributed by atoms with van der Waals surface area (Å²) in [6.07, 6.45) is -4.48. The molecule has 0 saturated heterocycles. The fraction of sp³-hybridized carbons (Fsp3) is 0.286. The molecule has 0 unspecified atom stereocenters. The van der Waals surface area contributed by atoms with Gasteiger partial charge in [-0.2, -0.15) is 13.2 Å². The summed E-state index contributed by atoms with van der Waals surface area (Å²) in [5, 5.41) is 3.67. The van der Waals surface area contributed by atoms with Gasteiger partial charge in [-0.1, -0.05) is 11.2 Å². The molecule has 6 nitrogen and oxygen atoms in total. The van der Waals surface area contributed by atoms with E-state index in [0.717, 1.165) is 12.1 Å². The SMILES string of the molecule is Cc1noc(C)c1C(=O)OCC(=O)c1cc(C)n(-c2cccc(C(F)(F)F)c2)c1C. The van der Waals surface area contributed by atoms with Crippen LogP contribution in [0.3, 0.4) is 0 Å². The van der Waals surface area contributed by atoms with E-state index in [-0.39, 0.29) is 22.6 Å². The lowest BCUT2D eigenvalue weighted by atomic mass is 10.1. The van der Waals surface area contributed by atoms with E-state index in [0.29, 0.717) is 17.1 Å². The summed E-state index contributed by atoms with van der Waals surface area (Å²) in [4.78, 5) is 24.8. The third-order valence-electron chi connectivity index (χ3n) is 4.74. The van der Waals surface area contributed by atoms with Gasteiger partial charge in [-0.15, -0.1) is 0 Å². The first kappa shape index (κ1) is 21.4. The first-order valence-electron chi connectivity index (χ1n) is 9.00. The topological polar surface area (TPSA) is 74.3 Å². The van der Waals surface area contributed by atoms with E-state index in [2.05, 4.69) is 5.16 Å². The Morgan fingerprint density at radius 1 is 1.13 bits per heavy atom. The summed E-state index contributed by atoms with van der Waals surface area (Å²) in [6.45, 7) is 5.92. The summed E-state index contributed by atoms with van der Waals surface area (Å²) >= 11 is 0. The molecule has 0 N–H and O–H groups in total. The second kappa shape index (κ2) is 7.81. The summed E-state index contributed by atoms with van der Waals surface area (Å²) in [7, 11) is 0. The lowest BCUT2D eigenvalue weighted by molar-refractivity contribution is -0.137. The van der Waals surface area contributed by atoms with Gasteiger partial charge >= 0.3 is 12.1 Å². The maximum atomic E-state index is 13.0. The Morgan fingerprint density at radius 2 is 1.83 bits per heavy atom. The number of benzene rings is 1. The first-order chi connectivity index (χ1) is 14.0. The monoisotopic (exact) mass is 420 g/mol. The van der Waals surface area contributed by atoms with Gasteiger partial charge in [-0.05, 0) is 52.0 Å². The van der Waals surface area contributed by atoms with Crippen LogP contribution >= 0.6 is 0 Å². The summed E-state index contributed by atoms with van der Waals surface area (Å²) < 4.78 is 50.7. The predicted octanol–water partition coefficient (Wildman–Crippen LogP) is 4.76. The van der Waals surface area contributed by atoms with Crippen LogP contribution in [0.15, 0.2) is 34.9 Å². The van der Waals surface area contributed by atoms with Gasteiger partial charge in [-0.3, -0.25) is 4.79 Å². The van der Waals surface area contributed by atoms with Gasteiger partial charge in [0.25, 0.3) is 0 Å². The van der Waals surface area contributed by atoms with E-state index in [4.69, 9.17) is 9.26 Å². The van der Waals surface area contributed by atoms with Crippen molar-refractivity contribution in [2.75, 3.05) is 6.61 Å². The number of halogens is 3. The summed E-state index contributed by atoms with van der Waals surface area (Å²) in [5.41, 5.74) is 1.30. The number of hydrogen-bond acceptors (Lipinski definition) is 5. The Labute approximate surface area is 170 Å². The van der Waals surface area contributed by atoms with Crippen molar-refractivity contribution in [3.8, 4) is 5.69 Å². The number of carbonyl (C=O) groups excluding carboxylic acids is 2. The molecular formula is C21H19F3N2O4. The van der Waals surface area contributed by atoms with Gasteiger partial charge in [0.2, 0.25) is 5.78 Å². The molecule has 30 heavy (non-hydrogen) atoms. The quantitative estimate of drug-likeness (QED) is 0.440. The van der Waals surface area contributed by atoms with E-state index in [1.54, 1.807) is 38.3 Å². The fourth-order valence-corrected chi connectivity index (χ4v) is 3.32. The van der Waals surface area contributed by atoms with Crippen LogP contribution in [0.5, 0.6) is 0 Å². The van der Waals surface area contributed by atoms with Crippen molar-refractivity contribution >= 4 is 11.8 Å². The van der Waals surface area contributed by atoms with Gasteiger partial charge in [0.05, 0.1) is 11.3 Å². The van der Waals surface area contributed by atoms with Crippen molar-refractivity contribution in [1.82, 2.24) is 9.72 Å². The fourth-order valence-electron chi connectivity index (χ4n) is 3.32. The molecule has 9 heteroatoms. The maximum Gasteiger partial charge on any atom is 0.416 e. The highest BCUT2D eigenvalue weighted by atomic mass is 19.4. The molecule has 0 bridgehead atoms. The predicted molar refractivity (Wildman–Crippen MR) is 101 cm³/mol. The van der Waals surface area contributed by atoms with Crippen molar-refractivity contribution in [3.63, 3.8) is 0 Å². The van der Waals surface area contributed by atoms with Gasteiger partial charge in [0, 0.05) is 22.6 Å². The molecular weight excluding hydrogens is 401 g/mol. The number of esters is 1.